The zero-order chi connectivity index (χ0) is 16.8. The molecular weight excluding hydrogens is 328 g/mol. The average molecular weight is 349 g/mol. The van der Waals surface area contributed by atoms with Gasteiger partial charge in [0.25, 0.3) is 0 Å². The van der Waals surface area contributed by atoms with Crippen LogP contribution in [0.3, 0.4) is 0 Å². The summed E-state index contributed by atoms with van der Waals surface area (Å²) in [5.74, 6) is 0. The van der Waals surface area contributed by atoms with Crippen molar-refractivity contribution in [3.63, 3.8) is 0 Å². The first-order chi connectivity index (χ1) is 11.7. The van der Waals surface area contributed by atoms with Gasteiger partial charge in [0.2, 0.25) is 0 Å². The van der Waals surface area contributed by atoms with Gasteiger partial charge in [0, 0.05) is 24.4 Å². The molecule has 0 saturated carbocycles. The molecule has 2 amide bonds. The van der Waals surface area contributed by atoms with Gasteiger partial charge in [-0.2, -0.15) is 5.10 Å². The molecule has 1 atom stereocenters. The molecule has 6 nitrogen and oxygen atoms in total. The number of hydrogen-bond acceptors (Lipinski definition) is 3. The monoisotopic (exact) mass is 348 g/mol. The van der Waals surface area contributed by atoms with E-state index in [4.69, 9.17) is 16.3 Å². The maximum atomic E-state index is 11.9. The number of rotatable bonds is 6. The fraction of sp³-hybridized carbons (Fsp3) is 0.412. The molecule has 0 aliphatic carbocycles. The summed E-state index contributed by atoms with van der Waals surface area (Å²) in [6.45, 7) is 2.10. The second-order valence-corrected chi connectivity index (χ2v) is 6.28. The molecule has 3 rings (SSSR count). The van der Waals surface area contributed by atoms with Gasteiger partial charge < -0.3 is 15.4 Å². The summed E-state index contributed by atoms with van der Waals surface area (Å²) in [6, 6.07) is 7.37. The Labute approximate surface area is 146 Å². The van der Waals surface area contributed by atoms with E-state index >= 15 is 0 Å². The van der Waals surface area contributed by atoms with Crippen molar-refractivity contribution >= 4 is 23.3 Å². The third-order valence-corrected chi connectivity index (χ3v) is 4.17. The zero-order valence-electron chi connectivity index (χ0n) is 13.4. The van der Waals surface area contributed by atoms with E-state index in [2.05, 4.69) is 15.7 Å². The Morgan fingerprint density at radius 2 is 2.21 bits per heavy atom. The van der Waals surface area contributed by atoms with Gasteiger partial charge in [0.1, 0.15) is 0 Å². The van der Waals surface area contributed by atoms with Crippen LogP contribution in [0.1, 0.15) is 18.4 Å². The SMILES string of the molecule is O=C(NCCc1ccc(Cl)cc1)Nc1cnn(CC2CCCO2)c1. The lowest BCUT2D eigenvalue weighted by Crippen LogP contribution is -2.30. The van der Waals surface area contributed by atoms with Crippen molar-refractivity contribution in [2.24, 2.45) is 0 Å². The Morgan fingerprint density at radius 1 is 1.38 bits per heavy atom. The predicted octanol–water partition coefficient (Wildman–Crippen LogP) is 3.08. The van der Waals surface area contributed by atoms with Crippen molar-refractivity contribution in [2.75, 3.05) is 18.5 Å². The molecule has 2 aromatic rings. The lowest BCUT2D eigenvalue weighted by Gasteiger charge is -2.08. The minimum absolute atomic E-state index is 0.228. The lowest BCUT2D eigenvalue weighted by atomic mass is 10.1. The Balaban J connectivity index is 1.39. The predicted molar refractivity (Wildman–Crippen MR) is 93.4 cm³/mol. The average Bonchev–Trinajstić information content (AvgIpc) is 3.22. The van der Waals surface area contributed by atoms with Gasteiger partial charge in [-0.1, -0.05) is 23.7 Å². The molecule has 128 valence electrons. The molecule has 2 heterocycles. The summed E-state index contributed by atoms with van der Waals surface area (Å²) in [5, 5.41) is 10.6. The molecule has 24 heavy (non-hydrogen) atoms. The molecule has 0 bridgehead atoms. The summed E-state index contributed by atoms with van der Waals surface area (Å²) in [6.07, 6.45) is 6.61. The van der Waals surface area contributed by atoms with Crippen molar-refractivity contribution in [3.8, 4) is 0 Å². The molecule has 1 unspecified atom stereocenters. The van der Waals surface area contributed by atoms with Gasteiger partial charge in [0.15, 0.2) is 0 Å². The highest BCUT2D eigenvalue weighted by Gasteiger charge is 2.16. The van der Waals surface area contributed by atoms with E-state index in [0.717, 1.165) is 38.0 Å². The summed E-state index contributed by atoms with van der Waals surface area (Å²) >= 11 is 5.85. The highest BCUT2D eigenvalue weighted by atomic mass is 35.5. The van der Waals surface area contributed by atoms with Gasteiger partial charge in [-0.25, -0.2) is 4.79 Å². The number of hydrogen-bond donors (Lipinski definition) is 2. The molecule has 0 spiro atoms. The van der Waals surface area contributed by atoms with E-state index in [9.17, 15) is 4.79 Å². The number of anilines is 1. The standard InChI is InChI=1S/C17H21ClN4O2/c18-14-5-3-13(4-6-14)7-8-19-17(23)21-15-10-20-22(11-15)12-16-2-1-9-24-16/h3-6,10-11,16H,1-2,7-9,12H2,(H2,19,21,23). The van der Waals surface area contributed by atoms with Crippen LogP contribution in [0.5, 0.6) is 0 Å². The van der Waals surface area contributed by atoms with Crippen LogP contribution in [0.25, 0.3) is 0 Å². The first-order valence-corrected chi connectivity index (χ1v) is 8.50. The van der Waals surface area contributed by atoms with Crippen LogP contribution >= 0.6 is 11.6 Å². The summed E-state index contributed by atoms with van der Waals surface area (Å²) < 4.78 is 7.39. The Hall–Kier alpha value is -2.05. The second kappa shape index (κ2) is 8.17. The molecule has 7 heteroatoms. The van der Waals surface area contributed by atoms with E-state index in [1.807, 2.05) is 30.5 Å². The summed E-state index contributed by atoms with van der Waals surface area (Å²) in [4.78, 5) is 11.9. The molecule has 1 fully saturated rings. The minimum atomic E-state index is -0.236. The van der Waals surface area contributed by atoms with Crippen molar-refractivity contribution in [3.05, 3.63) is 47.2 Å². The normalized spacial score (nSPS) is 17.0. The second-order valence-electron chi connectivity index (χ2n) is 5.84. The molecule has 1 saturated heterocycles. The smallest absolute Gasteiger partial charge is 0.319 e. The minimum Gasteiger partial charge on any atom is -0.376 e. The van der Waals surface area contributed by atoms with E-state index in [1.165, 1.54) is 0 Å². The lowest BCUT2D eigenvalue weighted by molar-refractivity contribution is 0.0940. The number of amides is 2. The maximum Gasteiger partial charge on any atom is 0.319 e. The number of benzene rings is 1. The van der Waals surface area contributed by atoms with Crippen LogP contribution in [0, 0.1) is 0 Å². The molecule has 1 aliphatic heterocycles. The van der Waals surface area contributed by atoms with E-state index in [1.54, 1.807) is 10.9 Å². The van der Waals surface area contributed by atoms with E-state index in [-0.39, 0.29) is 12.1 Å². The highest BCUT2D eigenvalue weighted by Crippen LogP contribution is 2.15. The van der Waals surface area contributed by atoms with Crippen molar-refractivity contribution in [1.29, 1.82) is 0 Å². The molecule has 0 radical (unpaired) electrons. The quantitative estimate of drug-likeness (QED) is 0.843. The molecular formula is C17H21ClN4O2. The van der Waals surface area contributed by atoms with Crippen LogP contribution < -0.4 is 10.6 Å². The summed E-state index contributed by atoms with van der Waals surface area (Å²) in [7, 11) is 0. The summed E-state index contributed by atoms with van der Waals surface area (Å²) in [5.41, 5.74) is 1.81. The van der Waals surface area contributed by atoms with Gasteiger partial charge in [0.05, 0.1) is 24.5 Å². The van der Waals surface area contributed by atoms with Crippen molar-refractivity contribution in [2.45, 2.75) is 31.9 Å². The number of nitrogens with zero attached hydrogens (tertiary/aromatic N) is 2. The molecule has 1 aromatic carbocycles. The third-order valence-electron chi connectivity index (χ3n) is 3.92. The number of urea groups is 1. The van der Waals surface area contributed by atoms with Gasteiger partial charge in [-0.15, -0.1) is 0 Å². The Kier molecular flexibility index (Phi) is 5.72. The fourth-order valence-electron chi connectivity index (χ4n) is 2.67. The number of ether oxygens (including phenoxy) is 1. The molecule has 1 aromatic heterocycles. The van der Waals surface area contributed by atoms with E-state index in [0.29, 0.717) is 17.3 Å². The first kappa shape index (κ1) is 16.8. The van der Waals surface area contributed by atoms with Gasteiger partial charge in [-0.05, 0) is 37.0 Å². The Morgan fingerprint density at radius 3 is 2.96 bits per heavy atom. The zero-order valence-corrected chi connectivity index (χ0v) is 14.1. The number of nitrogens with one attached hydrogen (secondary N) is 2. The van der Waals surface area contributed by atoms with Gasteiger partial charge in [-0.3, -0.25) is 4.68 Å². The number of halogens is 1. The molecule has 2 N–H and O–H groups in total. The van der Waals surface area contributed by atoms with Crippen LogP contribution in [0.15, 0.2) is 36.7 Å². The van der Waals surface area contributed by atoms with Crippen molar-refractivity contribution in [1.82, 2.24) is 15.1 Å². The third kappa shape index (κ3) is 4.97. The first-order valence-electron chi connectivity index (χ1n) is 8.12. The Bertz CT molecular complexity index is 665. The number of carbonyl (C=O) groups excluding carboxylic acids is 1. The van der Waals surface area contributed by atoms with Gasteiger partial charge >= 0.3 is 6.03 Å². The highest BCUT2D eigenvalue weighted by molar-refractivity contribution is 6.30. The molecule has 1 aliphatic rings. The topological polar surface area (TPSA) is 68.2 Å². The van der Waals surface area contributed by atoms with Crippen LogP contribution in [0.2, 0.25) is 5.02 Å². The van der Waals surface area contributed by atoms with Crippen LogP contribution in [-0.2, 0) is 17.7 Å². The largest absolute Gasteiger partial charge is 0.376 e. The van der Waals surface area contributed by atoms with E-state index < -0.39 is 0 Å². The maximum absolute atomic E-state index is 11.9. The number of carbonyl (C=O) groups is 1. The van der Waals surface area contributed by atoms with Crippen LogP contribution in [0.4, 0.5) is 10.5 Å². The fourth-order valence-corrected chi connectivity index (χ4v) is 2.80. The number of aromatic nitrogens is 2. The van der Waals surface area contributed by atoms with Crippen LogP contribution in [-0.4, -0.2) is 35.1 Å². The van der Waals surface area contributed by atoms with Crippen molar-refractivity contribution < 1.29 is 9.53 Å².